The number of aromatic nitrogens is 3. The Bertz CT molecular complexity index is 639. The highest BCUT2D eigenvalue weighted by Gasteiger charge is 2.24. The molecule has 2 rings (SSSR count). The Hall–Kier alpha value is -2.70. The Morgan fingerprint density at radius 3 is 2.64 bits per heavy atom. The highest BCUT2D eigenvalue weighted by atomic mass is 16.4. The number of rotatable bonds is 7. The van der Waals surface area contributed by atoms with Crippen LogP contribution in [0.25, 0.3) is 11.3 Å². The number of aliphatic carboxylic acids is 1. The fourth-order valence-electron chi connectivity index (χ4n) is 2.08. The van der Waals surface area contributed by atoms with Crippen molar-refractivity contribution >= 4 is 11.9 Å². The molecule has 7 heteroatoms. The molecule has 0 radical (unpaired) electrons. The van der Waals surface area contributed by atoms with Crippen molar-refractivity contribution in [3.8, 4) is 11.3 Å². The van der Waals surface area contributed by atoms with E-state index < -0.39 is 17.9 Å². The number of nitrogens with zero attached hydrogens (tertiary/aromatic N) is 2. The van der Waals surface area contributed by atoms with E-state index in [1.807, 2.05) is 25.1 Å². The SMILES string of the molecule is CCCCC(NC(=O)c1n[nH]nc1-c1ccccc1)C(=O)O. The Morgan fingerprint density at radius 2 is 2.00 bits per heavy atom. The molecule has 116 valence electrons. The van der Waals surface area contributed by atoms with Crippen LogP contribution in [0.5, 0.6) is 0 Å². The largest absolute Gasteiger partial charge is 0.480 e. The second-order valence-corrected chi connectivity index (χ2v) is 4.89. The predicted molar refractivity (Wildman–Crippen MR) is 80.2 cm³/mol. The van der Waals surface area contributed by atoms with Gasteiger partial charge >= 0.3 is 5.97 Å². The molecule has 7 nitrogen and oxygen atoms in total. The summed E-state index contributed by atoms with van der Waals surface area (Å²) in [6, 6.07) is 8.20. The third kappa shape index (κ3) is 3.69. The minimum Gasteiger partial charge on any atom is -0.480 e. The number of amides is 1. The van der Waals surface area contributed by atoms with Gasteiger partial charge in [0, 0.05) is 5.56 Å². The van der Waals surface area contributed by atoms with Crippen LogP contribution in [0, 0.1) is 0 Å². The zero-order chi connectivity index (χ0) is 15.9. The number of carbonyl (C=O) groups excluding carboxylic acids is 1. The quantitative estimate of drug-likeness (QED) is 0.723. The van der Waals surface area contributed by atoms with Crippen LogP contribution in [0.2, 0.25) is 0 Å². The molecule has 2 aromatic rings. The van der Waals surface area contributed by atoms with Gasteiger partial charge in [0.05, 0.1) is 0 Å². The molecule has 0 bridgehead atoms. The molecule has 0 saturated carbocycles. The summed E-state index contributed by atoms with van der Waals surface area (Å²) in [5.41, 5.74) is 1.23. The summed E-state index contributed by atoms with van der Waals surface area (Å²) in [4.78, 5) is 23.5. The first-order chi connectivity index (χ1) is 10.6. The maximum absolute atomic E-state index is 12.3. The molecular weight excluding hydrogens is 284 g/mol. The second kappa shape index (κ2) is 7.35. The topological polar surface area (TPSA) is 108 Å². The van der Waals surface area contributed by atoms with E-state index in [4.69, 9.17) is 0 Å². The van der Waals surface area contributed by atoms with Crippen molar-refractivity contribution in [2.75, 3.05) is 0 Å². The fourth-order valence-corrected chi connectivity index (χ4v) is 2.08. The molecule has 1 heterocycles. The van der Waals surface area contributed by atoms with E-state index in [-0.39, 0.29) is 5.69 Å². The summed E-state index contributed by atoms with van der Waals surface area (Å²) in [5, 5.41) is 21.9. The molecule has 0 aliphatic carbocycles. The third-order valence-electron chi connectivity index (χ3n) is 3.26. The van der Waals surface area contributed by atoms with Gasteiger partial charge in [0.1, 0.15) is 11.7 Å². The van der Waals surface area contributed by atoms with Gasteiger partial charge in [-0.25, -0.2) is 4.79 Å². The summed E-state index contributed by atoms with van der Waals surface area (Å²) in [6.45, 7) is 1.96. The summed E-state index contributed by atoms with van der Waals surface area (Å²) in [6.07, 6.45) is 1.97. The van der Waals surface area contributed by atoms with Crippen LogP contribution in [0.1, 0.15) is 36.7 Å². The molecule has 1 amide bonds. The molecule has 0 saturated heterocycles. The second-order valence-electron chi connectivity index (χ2n) is 4.89. The molecule has 0 spiro atoms. The van der Waals surface area contributed by atoms with Gasteiger partial charge in [-0.2, -0.15) is 15.4 Å². The number of unbranched alkanes of at least 4 members (excludes halogenated alkanes) is 1. The van der Waals surface area contributed by atoms with Crippen molar-refractivity contribution in [1.82, 2.24) is 20.7 Å². The van der Waals surface area contributed by atoms with Crippen LogP contribution in [0.4, 0.5) is 0 Å². The van der Waals surface area contributed by atoms with Gasteiger partial charge in [0.15, 0.2) is 5.69 Å². The van der Waals surface area contributed by atoms with Crippen molar-refractivity contribution < 1.29 is 14.7 Å². The first-order valence-electron chi connectivity index (χ1n) is 7.13. The molecule has 0 aliphatic rings. The maximum Gasteiger partial charge on any atom is 0.326 e. The number of hydrogen-bond donors (Lipinski definition) is 3. The molecule has 0 aliphatic heterocycles. The summed E-state index contributed by atoms with van der Waals surface area (Å²) in [7, 11) is 0. The summed E-state index contributed by atoms with van der Waals surface area (Å²) in [5.74, 6) is -1.59. The highest BCUT2D eigenvalue weighted by Crippen LogP contribution is 2.19. The zero-order valence-corrected chi connectivity index (χ0v) is 12.2. The lowest BCUT2D eigenvalue weighted by molar-refractivity contribution is -0.139. The number of carbonyl (C=O) groups is 2. The van der Waals surface area contributed by atoms with Gasteiger partial charge < -0.3 is 10.4 Å². The first-order valence-corrected chi connectivity index (χ1v) is 7.13. The lowest BCUT2D eigenvalue weighted by atomic mass is 10.1. The van der Waals surface area contributed by atoms with Crippen LogP contribution in [-0.4, -0.2) is 38.4 Å². The Morgan fingerprint density at radius 1 is 1.27 bits per heavy atom. The lowest BCUT2D eigenvalue weighted by Gasteiger charge is -2.13. The van der Waals surface area contributed by atoms with E-state index in [9.17, 15) is 14.7 Å². The number of carboxylic acid groups (broad SMARTS) is 1. The van der Waals surface area contributed by atoms with E-state index in [0.29, 0.717) is 12.1 Å². The van der Waals surface area contributed by atoms with Crippen molar-refractivity contribution in [2.24, 2.45) is 0 Å². The smallest absolute Gasteiger partial charge is 0.326 e. The van der Waals surface area contributed by atoms with Gasteiger partial charge in [-0.3, -0.25) is 4.79 Å². The molecule has 1 aromatic heterocycles. The van der Waals surface area contributed by atoms with Gasteiger partial charge in [-0.05, 0) is 6.42 Å². The lowest BCUT2D eigenvalue weighted by Crippen LogP contribution is -2.41. The molecule has 0 fully saturated rings. The van der Waals surface area contributed by atoms with Crippen LogP contribution < -0.4 is 5.32 Å². The third-order valence-corrected chi connectivity index (χ3v) is 3.26. The van der Waals surface area contributed by atoms with Gasteiger partial charge in [0.25, 0.3) is 5.91 Å². The molecule has 1 aromatic carbocycles. The van der Waals surface area contributed by atoms with Gasteiger partial charge in [-0.1, -0.05) is 50.1 Å². The number of hydrogen-bond acceptors (Lipinski definition) is 4. The van der Waals surface area contributed by atoms with Gasteiger partial charge in [0.2, 0.25) is 0 Å². The molecule has 1 atom stereocenters. The van der Waals surface area contributed by atoms with E-state index in [1.54, 1.807) is 12.1 Å². The van der Waals surface area contributed by atoms with Crippen LogP contribution in [0.3, 0.4) is 0 Å². The summed E-state index contributed by atoms with van der Waals surface area (Å²) >= 11 is 0. The summed E-state index contributed by atoms with van der Waals surface area (Å²) < 4.78 is 0. The standard InChI is InChI=1S/C15H18N4O3/c1-2-3-9-11(15(21)22)16-14(20)13-12(17-19-18-13)10-7-5-4-6-8-10/h4-8,11H,2-3,9H2,1H3,(H,16,20)(H,21,22)(H,17,18,19). The number of H-pyrrole nitrogens is 1. The van der Waals surface area contributed by atoms with Crippen molar-refractivity contribution in [2.45, 2.75) is 32.2 Å². The molecule has 3 N–H and O–H groups in total. The maximum atomic E-state index is 12.3. The Labute approximate surface area is 127 Å². The van der Waals surface area contributed by atoms with Crippen LogP contribution >= 0.6 is 0 Å². The minimum absolute atomic E-state index is 0.0916. The number of nitrogens with one attached hydrogen (secondary N) is 2. The molecule has 1 unspecified atom stereocenters. The fraction of sp³-hybridized carbons (Fsp3) is 0.333. The van der Waals surface area contributed by atoms with E-state index in [1.165, 1.54) is 0 Å². The van der Waals surface area contributed by atoms with Gasteiger partial charge in [-0.15, -0.1) is 0 Å². The predicted octanol–water partition coefficient (Wildman–Crippen LogP) is 1.84. The Balaban J connectivity index is 2.16. The normalized spacial score (nSPS) is 11.9. The van der Waals surface area contributed by atoms with E-state index in [0.717, 1.165) is 18.4 Å². The Kier molecular flexibility index (Phi) is 5.24. The molecule has 22 heavy (non-hydrogen) atoms. The average Bonchev–Trinajstić information content (AvgIpc) is 3.01. The number of carboxylic acids is 1. The zero-order valence-electron chi connectivity index (χ0n) is 12.2. The van der Waals surface area contributed by atoms with Crippen LogP contribution in [-0.2, 0) is 4.79 Å². The monoisotopic (exact) mass is 302 g/mol. The van der Waals surface area contributed by atoms with E-state index >= 15 is 0 Å². The van der Waals surface area contributed by atoms with E-state index in [2.05, 4.69) is 20.7 Å². The highest BCUT2D eigenvalue weighted by molar-refractivity contribution is 5.99. The molecular formula is C15H18N4O3. The van der Waals surface area contributed by atoms with Crippen molar-refractivity contribution in [3.63, 3.8) is 0 Å². The first kappa shape index (κ1) is 15.7. The van der Waals surface area contributed by atoms with Crippen molar-refractivity contribution in [3.05, 3.63) is 36.0 Å². The minimum atomic E-state index is -1.05. The average molecular weight is 302 g/mol. The number of benzene rings is 1. The van der Waals surface area contributed by atoms with Crippen LogP contribution in [0.15, 0.2) is 30.3 Å². The van der Waals surface area contributed by atoms with Crippen molar-refractivity contribution in [1.29, 1.82) is 0 Å². The number of aromatic amines is 1.